The molecule has 0 aromatic carbocycles. The second-order valence-electron chi connectivity index (χ2n) is 25.9. The van der Waals surface area contributed by atoms with Gasteiger partial charge in [0.05, 0.1) is 27.7 Å². The third kappa shape index (κ3) is 76.4. The van der Waals surface area contributed by atoms with Crippen molar-refractivity contribution in [1.29, 1.82) is 0 Å². The maximum atomic E-state index is 12.9. The number of carbonyl (C=O) groups excluding carboxylic acids is 2. The molecule has 0 saturated carbocycles. The summed E-state index contributed by atoms with van der Waals surface area (Å²) in [6, 6.07) is 0. The molecule has 94 heavy (non-hydrogen) atoms. The van der Waals surface area contributed by atoms with Gasteiger partial charge < -0.3 is 27.9 Å². The van der Waals surface area contributed by atoms with Crippen LogP contribution in [0.4, 0.5) is 0 Å². The van der Waals surface area contributed by atoms with Gasteiger partial charge in [0.1, 0.15) is 19.8 Å². The minimum absolute atomic E-state index is 0.0410. The minimum Gasteiger partial charge on any atom is -0.756 e. The molecule has 0 heterocycles. The van der Waals surface area contributed by atoms with Crippen LogP contribution in [0.25, 0.3) is 0 Å². The summed E-state index contributed by atoms with van der Waals surface area (Å²) >= 11 is 0. The second kappa shape index (κ2) is 72.6. The molecule has 10 heteroatoms. The van der Waals surface area contributed by atoms with E-state index >= 15 is 0 Å². The van der Waals surface area contributed by atoms with Gasteiger partial charge in [-0.05, 0) is 128 Å². The van der Waals surface area contributed by atoms with Crippen LogP contribution in [0.5, 0.6) is 0 Å². The number of hydrogen-bond donors (Lipinski definition) is 0. The van der Waals surface area contributed by atoms with Crippen molar-refractivity contribution in [2.75, 3.05) is 47.5 Å². The van der Waals surface area contributed by atoms with Gasteiger partial charge in [0.25, 0.3) is 7.82 Å². The Morgan fingerprint density at radius 3 is 0.851 bits per heavy atom. The van der Waals surface area contributed by atoms with Gasteiger partial charge in [-0.3, -0.25) is 14.2 Å². The molecular formula is C84H140NO8P. The first-order valence-corrected chi connectivity index (χ1v) is 39.3. The van der Waals surface area contributed by atoms with Crippen LogP contribution in [0.3, 0.4) is 0 Å². The van der Waals surface area contributed by atoms with Crippen LogP contribution in [0.1, 0.15) is 296 Å². The lowest BCUT2D eigenvalue weighted by Gasteiger charge is -2.28. The predicted molar refractivity (Wildman–Crippen MR) is 406 cm³/mol. The van der Waals surface area contributed by atoms with E-state index in [1.54, 1.807) is 0 Å². The van der Waals surface area contributed by atoms with Crippen LogP contribution in [0.2, 0.25) is 0 Å². The number of hydrogen-bond acceptors (Lipinski definition) is 8. The van der Waals surface area contributed by atoms with Crippen LogP contribution >= 0.6 is 7.82 Å². The monoisotopic (exact) mass is 1320 g/mol. The lowest BCUT2D eigenvalue weighted by atomic mass is 10.0. The first-order chi connectivity index (χ1) is 46.0. The Kier molecular flexibility index (Phi) is 69.1. The van der Waals surface area contributed by atoms with Gasteiger partial charge in [0.2, 0.25) is 0 Å². The van der Waals surface area contributed by atoms with Crippen molar-refractivity contribution < 1.29 is 42.1 Å². The molecule has 0 N–H and O–H groups in total. The van der Waals surface area contributed by atoms with Crippen LogP contribution in [-0.2, 0) is 32.7 Å². The third-order valence-electron chi connectivity index (χ3n) is 15.7. The molecule has 0 aliphatic rings. The maximum absolute atomic E-state index is 12.9. The Labute approximate surface area is 578 Å². The van der Waals surface area contributed by atoms with Crippen LogP contribution in [0.15, 0.2) is 170 Å². The molecule has 0 fully saturated rings. The van der Waals surface area contributed by atoms with Gasteiger partial charge >= 0.3 is 11.9 Å². The maximum Gasteiger partial charge on any atom is 0.306 e. The number of allylic oxidation sites excluding steroid dienone is 28. The summed E-state index contributed by atoms with van der Waals surface area (Å²) in [4.78, 5) is 38.1. The molecule has 0 aliphatic heterocycles. The molecule has 0 aliphatic carbocycles. The molecule has 0 aromatic rings. The van der Waals surface area contributed by atoms with Crippen molar-refractivity contribution in [3.05, 3.63) is 170 Å². The summed E-state index contributed by atoms with van der Waals surface area (Å²) in [5, 5.41) is 0. The van der Waals surface area contributed by atoms with E-state index in [9.17, 15) is 19.0 Å². The van der Waals surface area contributed by atoms with Gasteiger partial charge in [0, 0.05) is 12.8 Å². The molecule has 0 saturated heterocycles. The lowest BCUT2D eigenvalue weighted by molar-refractivity contribution is -0.870. The second-order valence-corrected chi connectivity index (χ2v) is 27.3. The highest BCUT2D eigenvalue weighted by atomic mass is 31.2. The fourth-order valence-corrected chi connectivity index (χ4v) is 10.8. The van der Waals surface area contributed by atoms with Crippen molar-refractivity contribution in [1.82, 2.24) is 0 Å². The van der Waals surface area contributed by atoms with Gasteiger partial charge in [0.15, 0.2) is 6.10 Å². The lowest BCUT2D eigenvalue weighted by Crippen LogP contribution is -2.37. The van der Waals surface area contributed by atoms with Crippen molar-refractivity contribution in [2.24, 2.45) is 0 Å². The Hall–Kier alpha value is -4.63. The van der Waals surface area contributed by atoms with Gasteiger partial charge in [-0.1, -0.05) is 325 Å². The number of ether oxygens (including phenoxy) is 2. The van der Waals surface area contributed by atoms with E-state index in [1.807, 2.05) is 21.1 Å². The zero-order valence-corrected chi connectivity index (χ0v) is 61.7. The SMILES string of the molecule is CC/C=C\C/C=C\C/C=C\C/C=C\C/C=C\C/C=C\C/C=C\C/C=C\CCCCCCCCC(=O)OC(COC(=O)CCCCCCCCCCCCCCCCCCCCCC/C=C\C/C=C\C/C=C\C/C=C\C/C=C\C/C=C\CC)COP(=O)([O-])OCC[N+](C)(C)C. The summed E-state index contributed by atoms with van der Waals surface area (Å²) in [6.07, 6.45) is 110. The van der Waals surface area contributed by atoms with E-state index in [0.717, 1.165) is 148 Å². The summed E-state index contributed by atoms with van der Waals surface area (Å²) in [5.74, 6) is -0.852. The normalized spacial score (nSPS) is 14.1. The van der Waals surface area contributed by atoms with Crippen molar-refractivity contribution in [3.63, 3.8) is 0 Å². The number of likely N-dealkylation sites (N-methyl/N-ethyl adjacent to an activating group) is 1. The van der Waals surface area contributed by atoms with Crippen molar-refractivity contribution >= 4 is 19.8 Å². The predicted octanol–water partition coefficient (Wildman–Crippen LogP) is 24.6. The molecule has 534 valence electrons. The quantitative estimate of drug-likeness (QED) is 0.0195. The number of quaternary nitrogens is 1. The van der Waals surface area contributed by atoms with Crippen molar-refractivity contribution in [2.45, 2.75) is 302 Å². The molecule has 0 spiro atoms. The molecule has 9 nitrogen and oxygen atoms in total. The zero-order chi connectivity index (χ0) is 68.3. The summed E-state index contributed by atoms with van der Waals surface area (Å²) in [5.41, 5.74) is 0. The Balaban J connectivity index is 4.05. The van der Waals surface area contributed by atoms with E-state index in [4.69, 9.17) is 18.5 Å². The fraction of sp³-hybridized carbons (Fsp3) is 0.643. The highest BCUT2D eigenvalue weighted by Gasteiger charge is 2.22. The first kappa shape index (κ1) is 89.4. The topological polar surface area (TPSA) is 111 Å². The van der Waals surface area contributed by atoms with Gasteiger partial charge in [-0.2, -0.15) is 0 Å². The highest BCUT2D eigenvalue weighted by Crippen LogP contribution is 2.38. The number of phosphoric acid groups is 1. The fourth-order valence-electron chi connectivity index (χ4n) is 10.0. The summed E-state index contributed by atoms with van der Waals surface area (Å²) in [7, 11) is 1.14. The summed E-state index contributed by atoms with van der Waals surface area (Å²) in [6.45, 7) is 4.00. The average molecular weight is 1320 g/mol. The van der Waals surface area contributed by atoms with E-state index in [1.165, 1.54) is 116 Å². The Morgan fingerprint density at radius 1 is 0.330 bits per heavy atom. The number of esters is 2. The Morgan fingerprint density at radius 2 is 0.574 bits per heavy atom. The molecule has 0 aromatic heterocycles. The highest BCUT2D eigenvalue weighted by molar-refractivity contribution is 7.45. The molecular weight excluding hydrogens is 1180 g/mol. The van der Waals surface area contributed by atoms with Gasteiger partial charge in [-0.25, -0.2) is 0 Å². The Bertz CT molecular complexity index is 2200. The molecule has 2 unspecified atom stereocenters. The molecule has 0 bridgehead atoms. The smallest absolute Gasteiger partial charge is 0.306 e. The average Bonchev–Trinajstić information content (AvgIpc) is 1.66. The van der Waals surface area contributed by atoms with E-state index in [-0.39, 0.29) is 32.0 Å². The van der Waals surface area contributed by atoms with E-state index in [0.29, 0.717) is 17.4 Å². The summed E-state index contributed by atoms with van der Waals surface area (Å²) < 4.78 is 34.3. The van der Waals surface area contributed by atoms with Gasteiger partial charge in [-0.15, -0.1) is 0 Å². The van der Waals surface area contributed by atoms with Crippen LogP contribution in [-0.4, -0.2) is 70.0 Å². The largest absolute Gasteiger partial charge is 0.756 e. The van der Waals surface area contributed by atoms with Crippen molar-refractivity contribution in [3.8, 4) is 0 Å². The van der Waals surface area contributed by atoms with Crippen LogP contribution < -0.4 is 4.89 Å². The van der Waals surface area contributed by atoms with E-state index < -0.39 is 26.5 Å². The molecule has 0 radical (unpaired) electrons. The third-order valence-corrected chi connectivity index (χ3v) is 16.7. The molecule has 0 rings (SSSR count). The van der Waals surface area contributed by atoms with Crippen LogP contribution in [0, 0.1) is 0 Å². The number of phosphoric ester groups is 1. The number of carbonyl (C=O) groups is 2. The zero-order valence-electron chi connectivity index (χ0n) is 60.8. The minimum atomic E-state index is -4.66. The number of rotatable bonds is 68. The standard InChI is InChI=1S/C84H140NO8P/c1-6-8-10-12-14-16-18-20-22-24-26-28-30-32-34-36-38-39-40-41-42-43-44-45-47-48-50-52-54-56-58-60-62-64-66-68-70-72-74-76-83(86)90-80-82(81-92-94(88,89)91-79-78-85(3,4)5)93-84(87)77-75-73-71-69-67-65-63-61-59-57-55-53-51-49-46-37-35-33-31-29-27-25-23-21-19-17-15-13-11-9-7-2/h8-11,14-17,20-23,26-29,32-35,38-39,46,49,53,55,59,61,82H,6-7,12-13,18-19,24-25,30-31,36-37,40-45,47-48,50-52,54,56-58,60,62-81H2,1-5H3/b10-8-,11-9-,16-14-,17-15-,22-20-,23-21-,28-26-,29-27-,34-32-,35-33-,39-38-,49-46-,55-53-,61-59-. The van der Waals surface area contributed by atoms with E-state index in [2.05, 4.69) is 184 Å². The number of nitrogens with zero attached hydrogens (tertiary/aromatic N) is 1. The first-order valence-electron chi connectivity index (χ1n) is 37.8. The molecule has 0 amide bonds. The number of unbranched alkanes of at least 4 members (excludes halogenated alkanes) is 26. The molecule has 2 atom stereocenters.